The number of rotatable bonds is 6. The number of pyridine rings is 1. The Balaban J connectivity index is 2.45. The minimum absolute atomic E-state index is 0.0429. The van der Waals surface area contributed by atoms with E-state index < -0.39 is 13.0 Å². The lowest BCUT2D eigenvalue weighted by Gasteiger charge is -2.21. The fraction of sp³-hybridized carbons (Fsp3) is 0.417. The van der Waals surface area contributed by atoms with E-state index >= 15 is 0 Å². The van der Waals surface area contributed by atoms with Crippen molar-refractivity contribution in [2.24, 2.45) is 0 Å². The number of alkyl halides is 2. The number of imidazole rings is 1. The number of aliphatic hydroxyl groups excluding tert-OH is 2. The fourth-order valence-electron chi connectivity index (χ4n) is 2.01. The lowest BCUT2D eigenvalue weighted by atomic mass is 10.3. The molecule has 0 aromatic carbocycles. The number of halogens is 2. The van der Waals surface area contributed by atoms with E-state index in [4.69, 9.17) is 5.11 Å². The molecular formula is C12H15F2N3O2. The normalized spacial score (nSPS) is 11.4. The first-order valence-electron chi connectivity index (χ1n) is 5.88. The Morgan fingerprint density at radius 1 is 1.32 bits per heavy atom. The molecule has 5 nitrogen and oxygen atoms in total. The van der Waals surface area contributed by atoms with E-state index in [1.54, 1.807) is 28.8 Å². The van der Waals surface area contributed by atoms with E-state index in [-0.39, 0.29) is 25.6 Å². The molecule has 0 spiro atoms. The van der Waals surface area contributed by atoms with Crippen LogP contribution in [0.15, 0.2) is 24.4 Å². The van der Waals surface area contributed by atoms with Crippen molar-refractivity contribution < 1.29 is 19.0 Å². The van der Waals surface area contributed by atoms with Crippen LogP contribution in [0.25, 0.3) is 5.65 Å². The van der Waals surface area contributed by atoms with Crippen LogP contribution in [0, 0.1) is 0 Å². The quantitative estimate of drug-likeness (QED) is 0.819. The Morgan fingerprint density at radius 3 is 2.74 bits per heavy atom. The average molecular weight is 271 g/mol. The Morgan fingerprint density at radius 2 is 2.11 bits per heavy atom. The van der Waals surface area contributed by atoms with Crippen molar-refractivity contribution in [2.75, 3.05) is 24.6 Å². The van der Waals surface area contributed by atoms with Crippen LogP contribution in [0.5, 0.6) is 0 Å². The molecular weight excluding hydrogens is 256 g/mol. The molecule has 7 heteroatoms. The van der Waals surface area contributed by atoms with E-state index in [1.165, 1.54) is 4.90 Å². The van der Waals surface area contributed by atoms with E-state index in [1.807, 2.05) is 0 Å². The van der Waals surface area contributed by atoms with Crippen molar-refractivity contribution in [1.29, 1.82) is 0 Å². The van der Waals surface area contributed by atoms with Crippen LogP contribution in [0.4, 0.5) is 14.6 Å². The minimum atomic E-state index is -2.54. The van der Waals surface area contributed by atoms with Gasteiger partial charge in [0.1, 0.15) is 5.65 Å². The smallest absolute Gasteiger partial charge is 0.255 e. The lowest BCUT2D eigenvalue weighted by molar-refractivity contribution is 0.152. The molecule has 0 aliphatic rings. The highest BCUT2D eigenvalue weighted by Gasteiger charge is 2.20. The number of hydrogen-bond acceptors (Lipinski definition) is 4. The van der Waals surface area contributed by atoms with Gasteiger partial charge in [0, 0.05) is 12.7 Å². The highest BCUT2D eigenvalue weighted by molar-refractivity contribution is 5.55. The Labute approximate surface area is 108 Å². The minimum Gasteiger partial charge on any atom is -0.395 e. The van der Waals surface area contributed by atoms with Gasteiger partial charge in [0.05, 0.1) is 25.5 Å². The molecule has 0 amide bonds. The second kappa shape index (κ2) is 5.94. The number of hydrogen-bond donors (Lipinski definition) is 2. The second-order valence-electron chi connectivity index (χ2n) is 4.03. The summed E-state index contributed by atoms with van der Waals surface area (Å²) in [6.45, 7) is -1.06. The van der Waals surface area contributed by atoms with Crippen molar-refractivity contribution in [3.8, 4) is 0 Å². The fourth-order valence-corrected chi connectivity index (χ4v) is 2.01. The first kappa shape index (κ1) is 13.7. The zero-order chi connectivity index (χ0) is 13.8. The highest BCUT2D eigenvalue weighted by atomic mass is 19.3. The molecule has 0 saturated carbocycles. The molecule has 2 aromatic heterocycles. The molecule has 0 aliphatic heterocycles. The van der Waals surface area contributed by atoms with Crippen molar-refractivity contribution in [3.63, 3.8) is 0 Å². The first-order valence-corrected chi connectivity index (χ1v) is 5.88. The number of aliphatic hydroxyl groups is 2. The van der Waals surface area contributed by atoms with Gasteiger partial charge in [-0.15, -0.1) is 0 Å². The summed E-state index contributed by atoms with van der Waals surface area (Å²) in [4.78, 5) is 5.52. The second-order valence-corrected chi connectivity index (χ2v) is 4.03. The summed E-state index contributed by atoms with van der Waals surface area (Å²) in [5, 5.41) is 18.4. The molecule has 104 valence electrons. The average Bonchev–Trinajstić information content (AvgIpc) is 2.76. The summed E-state index contributed by atoms with van der Waals surface area (Å²) in [6.07, 6.45) is -0.834. The summed E-state index contributed by atoms with van der Waals surface area (Å²) in [6, 6.07) is 5.26. The molecule has 0 bridgehead atoms. The number of fused-ring (bicyclic) bond motifs is 1. The summed E-state index contributed by atoms with van der Waals surface area (Å²) in [7, 11) is 0. The Kier molecular flexibility index (Phi) is 4.28. The van der Waals surface area contributed by atoms with Crippen molar-refractivity contribution in [3.05, 3.63) is 30.1 Å². The standard InChI is InChI=1S/C12H15F2N3O2/c13-10(14)7-16(5-6-18)12-9(8-19)17-4-2-1-3-11(17)15-12/h1-4,10,18-19H,5-8H2. The van der Waals surface area contributed by atoms with Gasteiger partial charge in [-0.25, -0.2) is 13.8 Å². The predicted molar refractivity (Wildman–Crippen MR) is 66.4 cm³/mol. The molecule has 2 aromatic rings. The zero-order valence-electron chi connectivity index (χ0n) is 10.2. The topological polar surface area (TPSA) is 61.0 Å². The van der Waals surface area contributed by atoms with Gasteiger partial charge in [-0.2, -0.15) is 0 Å². The maximum Gasteiger partial charge on any atom is 0.255 e. The van der Waals surface area contributed by atoms with Gasteiger partial charge in [-0.05, 0) is 12.1 Å². The van der Waals surface area contributed by atoms with Crippen LogP contribution in [0.1, 0.15) is 5.69 Å². The third-order valence-corrected chi connectivity index (χ3v) is 2.79. The number of anilines is 1. The maximum atomic E-state index is 12.6. The third kappa shape index (κ3) is 2.82. The summed E-state index contributed by atoms with van der Waals surface area (Å²) >= 11 is 0. The largest absolute Gasteiger partial charge is 0.395 e. The molecule has 2 rings (SSSR count). The maximum absolute atomic E-state index is 12.6. The molecule has 0 atom stereocenters. The van der Waals surface area contributed by atoms with Crippen LogP contribution in [0.3, 0.4) is 0 Å². The summed E-state index contributed by atoms with van der Waals surface area (Å²) in [5.41, 5.74) is 1.00. The van der Waals surface area contributed by atoms with Crippen LogP contribution in [0.2, 0.25) is 0 Å². The van der Waals surface area contributed by atoms with Crippen LogP contribution >= 0.6 is 0 Å². The predicted octanol–water partition coefficient (Wildman–Crippen LogP) is 0.890. The van der Waals surface area contributed by atoms with Crippen molar-refractivity contribution >= 4 is 11.5 Å². The van der Waals surface area contributed by atoms with Crippen LogP contribution in [-0.4, -0.2) is 45.7 Å². The number of nitrogens with zero attached hydrogens (tertiary/aromatic N) is 3. The van der Waals surface area contributed by atoms with E-state index in [9.17, 15) is 13.9 Å². The van der Waals surface area contributed by atoms with Crippen molar-refractivity contribution in [1.82, 2.24) is 9.38 Å². The van der Waals surface area contributed by atoms with E-state index in [0.717, 1.165) is 0 Å². The third-order valence-electron chi connectivity index (χ3n) is 2.79. The van der Waals surface area contributed by atoms with E-state index in [2.05, 4.69) is 4.98 Å². The molecule has 0 fully saturated rings. The zero-order valence-corrected chi connectivity index (χ0v) is 10.2. The van der Waals surface area contributed by atoms with Crippen LogP contribution < -0.4 is 4.90 Å². The first-order chi connectivity index (χ1) is 9.17. The molecule has 0 unspecified atom stereocenters. The Hall–Kier alpha value is -1.73. The van der Waals surface area contributed by atoms with Gasteiger partial charge in [0.2, 0.25) is 0 Å². The highest BCUT2D eigenvalue weighted by Crippen LogP contribution is 2.22. The molecule has 19 heavy (non-hydrogen) atoms. The van der Waals surface area contributed by atoms with E-state index in [0.29, 0.717) is 11.3 Å². The van der Waals surface area contributed by atoms with Gasteiger partial charge < -0.3 is 15.1 Å². The van der Waals surface area contributed by atoms with Crippen LogP contribution in [-0.2, 0) is 6.61 Å². The lowest BCUT2D eigenvalue weighted by Crippen LogP contribution is -2.32. The van der Waals surface area contributed by atoms with Crippen molar-refractivity contribution in [2.45, 2.75) is 13.0 Å². The monoisotopic (exact) mass is 271 g/mol. The van der Waals surface area contributed by atoms with Gasteiger partial charge in [0.25, 0.3) is 6.43 Å². The van der Waals surface area contributed by atoms with Gasteiger partial charge >= 0.3 is 0 Å². The van der Waals surface area contributed by atoms with Gasteiger partial charge in [-0.3, -0.25) is 4.40 Å². The SMILES string of the molecule is OCCN(CC(F)F)c1nc2ccccn2c1CO. The molecule has 2 N–H and O–H groups in total. The Bertz CT molecular complexity index is 545. The van der Waals surface area contributed by atoms with Gasteiger partial charge in [-0.1, -0.05) is 6.07 Å². The molecule has 0 aliphatic carbocycles. The van der Waals surface area contributed by atoms with Gasteiger partial charge in [0.15, 0.2) is 5.82 Å². The summed E-state index contributed by atoms with van der Waals surface area (Å²) < 4.78 is 26.8. The molecule has 0 radical (unpaired) electrons. The molecule has 2 heterocycles. The summed E-state index contributed by atoms with van der Waals surface area (Å²) in [5.74, 6) is 0.281. The number of aromatic nitrogens is 2. The molecule has 0 saturated heterocycles.